The van der Waals surface area contributed by atoms with Crippen LogP contribution in [0.5, 0.6) is 5.75 Å². The standard InChI is InChI=1S/C13H8F6O2/c14-12(15,16)11(21,13(17,18)19)9-6-5-7-3-1-2-4-8(7)10(9)20/h1-6,20-21H. The van der Waals surface area contributed by atoms with E-state index >= 15 is 0 Å². The van der Waals surface area contributed by atoms with Crippen molar-refractivity contribution in [3.05, 3.63) is 42.0 Å². The van der Waals surface area contributed by atoms with Crippen molar-refractivity contribution in [3.63, 3.8) is 0 Å². The van der Waals surface area contributed by atoms with Crippen LogP contribution in [0.2, 0.25) is 0 Å². The molecule has 0 aliphatic rings. The zero-order valence-corrected chi connectivity index (χ0v) is 10.1. The van der Waals surface area contributed by atoms with Crippen molar-refractivity contribution in [2.45, 2.75) is 18.0 Å². The monoisotopic (exact) mass is 310 g/mol. The number of aromatic hydroxyl groups is 1. The Balaban J connectivity index is 2.82. The average Bonchev–Trinajstić information content (AvgIpc) is 2.36. The zero-order chi connectivity index (χ0) is 16.1. The summed E-state index contributed by atoms with van der Waals surface area (Å²) in [6.07, 6.45) is -12.1. The van der Waals surface area contributed by atoms with Crippen molar-refractivity contribution >= 4 is 10.8 Å². The van der Waals surface area contributed by atoms with Gasteiger partial charge in [0.05, 0.1) is 0 Å². The first kappa shape index (κ1) is 15.4. The number of rotatable bonds is 1. The number of benzene rings is 2. The number of hydrogen-bond acceptors (Lipinski definition) is 2. The van der Waals surface area contributed by atoms with Crippen LogP contribution in [0.1, 0.15) is 5.56 Å². The van der Waals surface area contributed by atoms with Gasteiger partial charge in [-0.05, 0) is 5.39 Å². The Labute approximate surface area is 114 Å². The van der Waals surface area contributed by atoms with Gasteiger partial charge in [-0.1, -0.05) is 36.4 Å². The number of phenolic OH excluding ortho intramolecular Hbond substituents is 1. The molecule has 0 atom stereocenters. The van der Waals surface area contributed by atoms with Gasteiger partial charge in [0, 0.05) is 10.9 Å². The van der Waals surface area contributed by atoms with E-state index in [1.165, 1.54) is 18.2 Å². The van der Waals surface area contributed by atoms with E-state index in [4.69, 9.17) is 0 Å². The Bertz CT molecular complexity index is 660. The summed E-state index contributed by atoms with van der Waals surface area (Å²) < 4.78 is 76.7. The molecule has 2 nitrogen and oxygen atoms in total. The van der Waals surface area contributed by atoms with Crippen molar-refractivity contribution in [2.75, 3.05) is 0 Å². The lowest BCUT2D eigenvalue weighted by atomic mass is 9.89. The fourth-order valence-electron chi connectivity index (χ4n) is 2.01. The van der Waals surface area contributed by atoms with Crippen LogP contribution >= 0.6 is 0 Å². The highest BCUT2D eigenvalue weighted by molar-refractivity contribution is 5.89. The molecule has 0 aliphatic heterocycles. The van der Waals surface area contributed by atoms with E-state index in [0.29, 0.717) is 6.07 Å². The van der Waals surface area contributed by atoms with E-state index < -0.39 is 29.3 Å². The molecule has 2 N–H and O–H groups in total. The third kappa shape index (κ3) is 2.19. The maximum absolute atomic E-state index is 12.8. The van der Waals surface area contributed by atoms with Gasteiger partial charge < -0.3 is 10.2 Å². The summed E-state index contributed by atoms with van der Waals surface area (Å²) >= 11 is 0. The summed E-state index contributed by atoms with van der Waals surface area (Å²) in [5, 5.41) is 19.1. The van der Waals surface area contributed by atoms with E-state index in [9.17, 15) is 36.6 Å². The summed E-state index contributed by atoms with van der Waals surface area (Å²) in [6, 6.07) is 6.78. The summed E-state index contributed by atoms with van der Waals surface area (Å²) in [4.78, 5) is 0. The second kappa shape index (κ2) is 4.52. The lowest BCUT2D eigenvalue weighted by Gasteiger charge is -2.33. The molecule has 0 radical (unpaired) electrons. The van der Waals surface area contributed by atoms with Crippen LogP contribution in [-0.2, 0) is 5.60 Å². The Hall–Kier alpha value is -1.96. The largest absolute Gasteiger partial charge is 0.507 e. The summed E-state index contributed by atoms with van der Waals surface area (Å²) in [5.41, 5.74) is -6.80. The van der Waals surface area contributed by atoms with E-state index in [1.807, 2.05) is 0 Å². The molecule has 0 fully saturated rings. The Kier molecular flexibility index (Phi) is 3.32. The smallest absolute Gasteiger partial charge is 0.430 e. The third-order valence-corrected chi connectivity index (χ3v) is 3.11. The molecule has 0 bridgehead atoms. The molecular formula is C13H8F6O2. The van der Waals surface area contributed by atoms with Crippen LogP contribution in [0.25, 0.3) is 10.8 Å². The molecule has 2 aromatic carbocycles. The van der Waals surface area contributed by atoms with Crippen molar-refractivity contribution in [2.24, 2.45) is 0 Å². The van der Waals surface area contributed by atoms with Gasteiger partial charge in [0.1, 0.15) is 5.75 Å². The second-order valence-electron chi connectivity index (χ2n) is 4.39. The highest BCUT2D eigenvalue weighted by Gasteiger charge is 2.72. The van der Waals surface area contributed by atoms with E-state index in [2.05, 4.69) is 0 Å². The molecule has 0 unspecified atom stereocenters. The quantitative estimate of drug-likeness (QED) is 0.785. The minimum absolute atomic E-state index is 0.220. The molecule has 0 aromatic heterocycles. The Morgan fingerprint density at radius 1 is 0.762 bits per heavy atom. The van der Waals surface area contributed by atoms with Crippen molar-refractivity contribution in [1.82, 2.24) is 0 Å². The van der Waals surface area contributed by atoms with E-state index in [0.717, 1.165) is 12.1 Å². The van der Waals surface area contributed by atoms with Gasteiger partial charge in [0.25, 0.3) is 5.60 Å². The van der Waals surface area contributed by atoms with Crippen LogP contribution in [0, 0.1) is 0 Å². The molecule has 21 heavy (non-hydrogen) atoms. The van der Waals surface area contributed by atoms with Crippen molar-refractivity contribution in [3.8, 4) is 5.75 Å². The Morgan fingerprint density at radius 3 is 1.81 bits per heavy atom. The molecule has 2 aromatic rings. The van der Waals surface area contributed by atoms with Crippen LogP contribution in [-0.4, -0.2) is 22.6 Å². The predicted octanol–water partition coefficient (Wildman–Crippen LogP) is 3.86. The number of halogens is 6. The fraction of sp³-hybridized carbons (Fsp3) is 0.231. The normalized spacial score (nSPS) is 13.7. The molecule has 0 spiro atoms. The van der Waals surface area contributed by atoms with Gasteiger partial charge in [-0.2, -0.15) is 26.3 Å². The van der Waals surface area contributed by atoms with Gasteiger partial charge in [0.2, 0.25) is 0 Å². The highest BCUT2D eigenvalue weighted by Crippen LogP contribution is 2.53. The first-order valence-electron chi connectivity index (χ1n) is 5.57. The number of alkyl halides is 6. The molecular weight excluding hydrogens is 302 g/mol. The van der Waals surface area contributed by atoms with Gasteiger partial charge in [-0.25, -0.2) is 0 Å². The number of fused-ring (bicyclic) bond motifs is 1. The van der Waals surface area contributed by atoms with Gasteiger partial charge >= 0.3 is 12.4 Å². The maximum Gasteiger partial charge on any atom is 0.430 e. The highest BCUT2D eigenvalue weighted by atomic mass is 19.4. The first-order valence-corrected chi connectivity index (χ1v) is 5.57. The minimum atomic E-state index is -6.04. The van der Waals surface area contributed by atoms with Crippen LogP contribution in [0.15, 0.2) is 36.4 Å². The summed E-state index contributed by atoms with van der Waals surface area (Å²) in [5.74, 6) is -1.26. The maximum atomic E-state index is 12.8. The van der Waals surface area contributed by atoms with Crippen LogP contribution in [0.4, 0.5) is 26.3 Å². The first-order chi connectivity index (χ1) is 9.50. The predicted molar refractivity (Wildman–Crippen MR) is 61.6 cm³/mol. The van der Waals surface area contributed by atoms with Gasteiger partial charge in [0.15, 0.2) is 0 Å². The molecule has 2 rings (SSSR count). The van der Waals surface area contributed by atoms with Crippen LogP contribution < -0.4 is 0 Å². The number of phenols is 1. The molecule has 0 heterocycles. The zero-order valence-electron chi connectivity index (χ0n) is 10.1. The minimum Gasteiger partial charge on any atom is -0.507 e. The Morgan fingerprint density at radius 2 is 1.29 bits per heavy atom. The molecule has 0 saturated carbocycles. The van der Waals surface area contributed by atoms with Gasteiger partial charge in [-0.3, -0.25) is 0 Å². The molecule has 8 heteroatoms. The lowest BCUT2D eigenvalue weighted by Crippen LogP contribution is -2.53. The molecule has 0 saturated heterocycles. The van der Waals surface area contributed by atoms with E-state index in [-0.39, 0.29) is 10.8 Å². The third-order valence-electron chi connectivity index (χ3n) is 3.11. The summed E-state index contributed by atoms with van der Waals surface area (Å²) in [6.45, 7) is 0. The SMILES string of the molecule is Oc1c(C(O)(C(F)(F)F)C(F)(F)F)ccc2ccccc12. The number of hydrogen-bond donors (Lipinski definition) is 2. The van der Waals surface area contributed by atoms with E-state index in [1.54, 1.807) is 0 Å². The molecule has 114 valence electrons. The number of aliphatic hydroxyl groups is 1. The van der Waals surface area contributed by atoms with Gasteiger partial charge in [-0.15, -0.1) is 0 Å². The fourth-order valence-corrected chi connectivity index (χ4v) is 2.01. The molecule has 0 aliphatic carbocycles. The topological polar surface area (TPSA) is 40.5 Å². The summed E-state index contributed by atoms with van der Waals surface area (Å²) in [7, 11) is 0. The molecule has 0 amide bonds. The van der Waals surface area contributed by atoms with Crippen molar-refractivity contribution in [1.29, 1.82) is 0 Å². The lowest BCUT2D eigenvalue weighted by molar-refractivity contribution is -0.376. The second-order valence-corrected chi connectivity index (χ2v) is 4.39. The van der Waals surface area contributed by atoms with Crippen LogP contribution in [0.3, 0.4) is 0 Å². The van der Waals surface area contributed by atoms with Crippen molar-refractivity contribution < 1.29 is 36.6 Å². The average molecular weight is 310 g/mol.